The van der Waals surface area contributed by atoms with Gasteiger partial charge in [0.1, 0.15) is 5.78 Å². The Morgan fingerprint density at radius 1 is 1.19 bits per heavy atom. The molecule has 1 rings (SSSR count). The molecule has 0 fully saturated rings. The number of nitrogens with two attached hydrogens (primary N) is 1. The van der Waals surface area contributed by atoms with Crippen LogP contribution in [0.25, 0.3) is 0 Å². The lowest BCUT2D eigenvalue weighted by atomic mass is 9.91. The van der Waals surface area contributed by atoms with E-state index in [4.69, 9.17) is 5.73 Å². The van der Waals surface area contributed by atoms with Crippen molar-refractivity contribution in [2.45, 2.75) is 39.2 Å². The van der Waals surface area contributed by atoms with Crippen molar-refractivity contribution in [1.82, 2.24) is 0 Å². The molecule has 1 unspecified atom stereocenters. The van der Waals surface area contributed by atoms with Gasteiger partial charge in [0.15, 0.2) is 0 Å². The summed E-state index contributed by atoms with van der Waals surface area (Å²) in [6.07, 6.45) is 2.28. The van der Waals surface area contributed by atoms with Crippen molar-refractivity contribution in [1.29, 1.82) is 0 Å². The van der Waals surface area contributed by atoms with Crippen molar-refractivity contribution in [3.63, 3.8) is 0 Å². The first kappa shape index (κ1) is 12.9. The van der Waals surface area contributed by atoms with Crippen LogP contribution in [0.2, 0.25) is 0 Å². The largest absolute Gasteiger partial charge is 0.324 e. The molecule has 0 heterocycles. The van der Waals surface area contributed by atoms with Crippen molar-refractivity contribution in [2.75, 3.05) is 0 Å². The molecule has 0 aliphatic rings. The summed E-state index contributed by atoms with van der Waals surface area (Å²) in [4.78, 5) is 11.9. The topological polar surface area (TPSA) is 43.1 Å². The summed E-state index contributed by atoms with van der Waals surface area (Å²) >= 11 is 0. The van der Waals surface area contributed by atoms with E-state index in [2.05, 4.69) is 13.8 Å². The molecule has 0 amide bonds. The summed E-state index contributed by atoms with van der Waals surface area (Å²) in [5.74, 6) is 0.469. The van der Waals surface area contributed by atoms with Gasteiger partial charge in [-0.25, -0.2) is 0 Å². The Balaban J connectivity index is 2.58. The highest BCUT2D eigenvalue weighted by atomic mass is 16.1. The van der Waals surface area contributed by atoms with Gasteiger partial charge >= 0.3 is 0 Å². The molecule has 1 atom stereocenters. The SMILES string of the molecule is CCC(CC)C(=O)CC(N)c1ccccc1. The number of hydrogen-bond donors (Lipinski definition) is 1. The van der Waals surface area contributed by atoms with Crippen LogP contribution in [0.3, 0.4) is 0 Å². The molecule has 0 spiro atoms. The smallest absolute Gasteiger partial charge is 0.137 e. The summed E-state index contributed by atoms with van der Waals surface area (Å²) in [7, 11) is 0. The van der Waals surface area contributed by atoms with Crippen molar-refractivity contribution < 1.29 is 4.79 Å². The molecule has 2 nitrogen and oxygen atoms in total. The van der Waals surface area contributed by atoms with E-state index in [-0.39, 0.29) is 12.0 Å². The maximum atomic E-state index is 11.9. The van der Waals surface area contributed by atoms with Crippen LogP contribution in [0.5, 0.6) is 0 Å². The molecule has 0 bridgehead atoms. The maximum Gasteiger partial charge on any atom is 0.137 e. The second kappa shape index (κ2) is 6.44. The highest BCUT2D eigenvalue weighted by molar-refractivity contribution is 5.81. The minimum Gasteiger partial charge on any atom is -0.324 e. The zero-order valence-electron chi connectivity index (χ0n) is 10.1. The van der Waals surface area contributed by atoms with Crippen LogP contribution >= 0.6 is 0 Å². The number of carbonyl (C=O) groups is 1. The van der Waals surface area contributed by atoms with E-state index >= 15 is 0 Å². The third-order valence-corrected chi connectivity index (χ3v) is 3.09. The van der Waals surface area contributed by atoms with Crippen LogP contribution in [0, 0.1) is 5.92 Å². The first-order chi connectivity index (χ1) is 7.69. The minimum absolute atomic E-state index is 0.158. The molecule has 16 heavy (non-hydrogen) atoms. The first-order valence-corrected chi connectivity index (χ1v) is 6.02. The van der Waals surface area contributed by atoms with E-state index in [1.54, 1.807) is 0 Å². The summed E-state index contributed by atoms with van der Waals surface area (Å²) in [5, 5.41) is 0. The molecule has 88 valence electrons. The molecule has 0 radical (unpaired) electrons. The molecule has 2 heteroatoms. The third kappa shape index (κ3) is 3.46. The molecular formula is C14H21NO. The summed E-state index contributed by atoms with van der Waals surface area (Å²) in [6, 6.07) is 9.66. The fraction of sp³-hybridized carbons (Fsp3) is 0.500. The molecule has 0 saturated carbocycles. The van der Waals surface area contributed by atoms with Gasteiger partial charge in [0.2, 0.25) is 0 Å². The number of benzene rings is 1. The predicted octanol–water partition coefficient (Wildman–Crippen LogP) is 3.08. The van der Waals surface area contributed by atoms with Crippen LogP contribution < -0.4 is 5.73 Å². The van der Waals surface area contributed by atoms with E-state index < -0.39 is 0 Å². The number of Topliss-reactive ketones (excluding diaryl/α,β-unsaturated/α-hetero) is 1. The molecule has 1 aromatic rings. The number of ketones is 1. The van der Waals surface area contributed by atoms with Crippen LogP contribution in [0.1, 0.15) is 44.7 Å². The van der Waals surface area contributed by atoms with Gasteiger partial charge in [-0.1, -0.05) is 44.2 Å². The quantitative estimate of drug-likeness (QED) is 0.799. The van der Waals surface area contributed by atoms with Gasteiger partial charge < -0.3 is 5.73 Å². The normalized spacial score (nSPS) is 12.8. The second-order valence-electron chi connectivity index (χ2n) is 4.20. The molecule has 0 saturated heterocycles. The summed E-state index contributed by atoms with van der Waals surface area (Å²) in [6.45, 7) is 4.11. The first-order valence-electron chi connectivity index (χ1n) is 6.02. The third-order valence-electron chi connectivity index (χ3n) is 3.09. The Morgan fingerprint density at radius 2 is 1.75 bits per heavy atom. The van der Waals surface area contributed by atoms with Crippen molar-refractivity contribution in [3.8, 4) is 0 Å². The monoisotopic (exact) mass is 219 g/mol. The van der Waals surface area contributed by atoms with Crippen LogP contribution in [0.15, 0.2) is 30.3 Å². The zero-order valence-corrected chi connectivity index (χ0v) is 10.1. The molecule has 1 aromatic carbocycles. The van der Waals surface area contributed by atoms with Crippen LogP contribution in [-0.2, 0) is 4.79 Å². The predicted molar refractivity (Wildman–Crippen MR) is 67.1 cm³/mol. The Labute approximate surface area is 97.9 Å². The van der Waals surface area contributed by atoms with Gasteiger partial charge in [0, 0.05) is 18.4 Å². The minimum atomic E-state index is -0.158. The lowest BCUT2D eigenvalue weighted by molar-refractivity contribution is -0.123. The molecule has 0 aromatic heterocycles. The van der Waals surface area contributed by atoms with E-state index in [0.29, 0.717) is 12.2 Å². The van der Waals surface area contributed by atoms with Gasteiger partial charge in [-0.3, -0.25) is 4.79 Å². The van der Waals surface area contributed by atoms with E-state index in [9.17, 15) is 4.79 Å². The zero-order chi connectivity index (χ0) is 12.0. The lowest BCUT2D eigenvalue weighted by Gasteiger charge is -2.15. The second-order valence-corrected chi connectivity index (χ2v) is 4.20. The van der Waals surface area contributed by atoms with E-state index in [1.807, 2.05) is 30.3 Å². The average molecular weight is 219 g/mol. The van der Waals surface area contributed by atoms with Gasteiger partial charge in [-0.15, -0.1) is 0 Å². The van der Waals surface area contributed by atoms with Crippen LogP contribution in [-0.4, -0.2) is 5.78 Å². The fourth-order valence-electron chi connectivity index (χ4n) is 1.95. The molecule has 2 N–H and O–H groups in total. The number of carbonyl (C=O) groups excluding carboxylic acids is 1. The van der Waals surface area contributed by atoms with Crippen molar-refractivity contribution in [2.24, 2.45) is 11.7 Å². The van der Waals surface area contributed by atoms with Crippen molar-refractivity contribution in [3.05, 3.63) is 35.9 Å². The molecule has 0 aliphatic carbocycles. The van der Waals surface area contributed by atoms with Gasteiger partial charge in [-0.2, -0.15) is 0 Å². The summed E-state index contributed by atoms with van der Waals surface area (Å²) < 4.78 is 0. The summed E-state index contributed by atoms with van der Waals surface area (Å²) in [5.41, 5.74) is 7.07. The number of hydrogen-bond acceptors (Lipinski definition) is 2. The van der Waals surface area contributed by atoms with Gasteiger partial charge in [-0.05, 0) is 18.4 Å². The van der Waals surface area contributed by atoms with Crippen molar-refractivity contribution >= 4 is 5.78 Å². The molecular weight excluding hydrogens is 198 g/mol. The number of rotatable bonds is 6. The van der Waals surface area contributed by atoms with E-state index in [0.717, 1.165) is 18.4 Å². The highest BCUT2D eigenvalue weighted by Gasteiger charge is 2.18. The average Bonchev–Trinajstić information content (AvgIpc) is 2.31. The Morgan fingerprint density at radius 3 is 2.25 bits per heavy atom. The fourth-order valence-corrected chi connectivity index (χ4v) is 1.95. The van der Waals surface area contributed by atoms with E-state index in [1.165, 1.54) is 0 Å². The Hall–Kier alpha value is -1.15. The highest BCUT2D eigenvalue weighted by Crippen LogP contribution is 2.19. The standard InChI is InChI=1S/C14H21NO/c1-3-11(4-2)14(16)10-13(15)12-8-6-5-7-9-12/h5-9,11,13H,3-4,10,15H2,1-2H3. The van der Waals surface area contributed by atoms with Gasteiger partial charge in [0.25, 0.3) is 0 Å². The Kier molecular flexibility index (Phi) is 5.20. The molecule has 0 aliphatic heterocycles. The van der Waals surface area contributed by atoms with Crippen LogP contribution in [0.4, 0.5) is 0 Å². The Bertz CT molecular complexity index is 317. The van der Waals surface area contributed by atoms with Gasteiger partial charge in [0.05, 0.1) is 0 Å². The maximum absolute atomic E-state index is 11.9. The lowest BCUT2D eigenvalue weighted by Crippen LogP contribution is -2.20.